The van der Waals surface area contributed by atoms with Crippen molar-refractivity contribution >= 4 is 28.4 Å². The van der Waals surface area contributed by atoms with E-state index in [1.807, 2.05) is 10.6 Å². The topological polar surface area (TPSA) is 86.5 Å². The van der Waals surface area contributed by atoms with Gasteiger partial charge in [0.05, 0.1) is 6.61 Å². The van der Waals surface area contributed by atoms with Crippen LogP contribution in [0.3, 0.4) is 0 Å². The normalized spacial score (nSPS) is 22.0. The molecule has 1 aromatic carbocycles. The number of rotatable bonds is 6. The number of fused-ring (bicyclic) bond motifs is 1. The molecule has 5 rings (SSSR count). The van der Waals surface area contributed by atoms with Crippen molar-refractivity contribution in [2.75, 3.05) is 36.5 Å². The van der Waals surface area contributed by atoms with Gasteiger partial charge in [0.25, 0.3) is 5.56 Å². The monoisotopic (exact) mass is 476 g/mol. The third-order valence-corrected chi connectivity index (χ3v) is 7.56. The van der Waals surface area contributed by atoms with Crippen molar-refractivity contribution in [3.8, 4) is 0 Å². The molecule has 8 nitrogen and oxygen atoms in total. The van der Waals surface area contributed by atoms with Gasteiger partial charge >= 0.3 is 0 Å². The number of aliphatic hydroxyl groups excluding tert-OH is 1. The van der Waals surface area contributed by atoms with Crippen LogP contribution < -0.4 is 15.8 Å². The SMILES string of the molecule is CC1CN(c2ccc(Nc3ncc4ccc(=O)n(C5CCCCC5)c4n3)cc2)CC(C)N1CCO. The quantitative estimate of drug-likeness (QED) is 0.557. The minimum Gasteiger partial charge on any atom is -0.395 e. The second kappa shape index (κ2) is 10.3. The minimum atomic E-state index is 0.0148. The summed E-state index contributed by atoms with van der Waals surface area (Å²) in [5.41, 5.74) is 2.82. The maximum atomic E-state index is 12.8. The Hall–Kier alpha value is -2.97. The van der Waals surface area contributed by atoms with Crippen molar-refractivity contribution < 1.29 is 5.11 Å². The maximum absolute atomic E-state index is 12.8. The van der Waals surface area contributed by atoms with Crippen LogP contribution in [0.2, 0.25) is 0 Å². The molecule has 35 heavy (non-hydrogen) atoms. The highest BCUT2D eigenvalue weighted by Gasteiger charge is 2.29. The number of aromatic nitrogens is 3. The smallest absolute Gasteiger partial charge is 0.252 e. The number of hydrogen-bond acceptors (Lipinski definition) is 7. The Kier molecular flexibility index (Phi) is 7.02. The zero-order chi connectivity index (χ0) is 24.4. The maximum Gasteiger partial charge on any atom is 0.252 e. The van der Waals surface area contributed by atoms with E-state index in [1.165, 1.54) is 12.1 Å². The standard InChI is InChI=1S/C27H36N6O2/c1-19-17-31(18-20(2)32(19)14-15-34)23-11-9-22(10-12-23)29-27-28-16-21-8-13-25(35)33(26(21)30-27)24-6-4-3-5-7-24/h8-13,16,19-20,24,34H,3-7,14-15,17-18H2,1-2H3,(H,28,29,30). The van der Waals surface area contributed by atoms with E-state index in [4.69, 9.17) is 4.98 Å². The van der Waals surface area contributed by atoms with Crippen molar-refractivity contribution in [1.82, 2.24) is 19.4 Å². The van der Waals surface area contributed by atoms with Gasteiger partial charge in [0, 0.05) is 66.8 Å². The van der Waals surface area contributed by atoms with E-state index in [0.29, 0.717) is 23.7 Å². The molecular formula is C27H36N6O2. The summed E-state index contributed by atoms with van der Waals surface area (Å²) in [4.78, 5) is 26.8. The minimum absolute atomic E-state index is 0.0148. The number of piperazine rings is 1. The highest BCUT2D eigenvalue weighted by molar-refractivity contribution is 5.76. The van der Waals surface area contributed by atoms with E-state index < -0.39 is 0 Å². The fourth-order valence-corrected chi connectivity index (χ4v) is 5.80. The lowest BCUT2D eigenvalue weighted by Crippen LogP contribution is -2.57. The summed E-state index contributed by atoms with van der Waals surface area (Å²) < 4.78 is 1.88. The molecule has 2 N–H and O–H groups in total. The van der Waals surface area contributed by atoms with Gasteiger partial charge in [-0.2, -0.15) is 4.98 Å². The van der Waals surface area contributed by atoms with Gasteiger partial charge in [-0.3, -0.25) is 14.3 Å². The molecule has 0 spiro atoms. The second-order valence-corrected chi connectivity index (χ2v) is 10.0. The van der Waals surface area contributed by atoms with Crippen molar-refractivity contribution in [3.63, 3.8) is 0 Å². The fourth-order valence-electron chi connectivity index (χ4n) is 5.80. The Labute approximate surface area is 206 Å². The molecule has 1 saturated carbocycles. The van der Waals surface area contributed by atoms with E-state index in [9.17, 15) is 9.90 Å². The van der Waals surface area contributed by atoms with Gasteiger partial charge in [-0.15, -0.1) is 0 Å². The van der Waals surface area contributed by atoms with E-state index in [1.54, 1.807) is 12.3 Å². The molecule has 186 valence electrons. The lowest BCUT2D eigenvalue weighted by Gasteiger charge is -2.45. The van der Waals surface area contributed by atoms with Gasteiger partial charge in [-0.1, -0.05) is 19.3 Å². The first-order valence-electron chi connectivity index (χ1n) is 12.9. The van der Waals surface area contributed by atoms with Crippen molar-refractivity contribution in [2.24, 2.45) is 0 Å². The molecule has 0 bridgehead atoms. The summed E-state index contributed by atoms with van der Waals surface area (Å²) in [5.74, 6) is 0.500. The average Bonchev–Trinajstić information content (AvgIpc) is 2.87. The first-order valence-corrected chi connectivity index (χ1v) is 12.9. The molecule has 3 heterocycles. The Morgan fingerprint density at radius 2 is 1.71 bits per heavy atom. The van der Waals surface area contributed by atoms with Crippen LogP contribution >= 0.6 is 0 Å². The zero-order valence-electron chi connectivity index (χ0n) is 20.7. The van der Waals surface area contributed by atoms with Gasteiger partial charge in [0.1, 0.15) is 5.65 Å². The van der Waals surface area contributed by atoms with Crippen LogP contribution in [0.15, 0.2) is 47.4 Å². The molecule has 2 atom stereocenters. The Bertz CT molecular complexity index is 1190. The summed E-state index contributed by atoms with van der Waals surface area (Å²) in [6, 6.07) is 12.8. The highest BCUT2D eigenvalue weighted by atomic mass is 16.3. The Morgan fingerprint density at radius 3 is 2.40 bits per heavy atom. The van der Waals surface area contributed by atoms with Gasteiger partial charge in [-0.25, -0.2) is 4.98 Å². The molecule has 0 radical (unpaired) electrons. The third-order valence-electron chi connectivity index (χ3n) is 7.56. The van der Waals surface area contributed by atoms with Crippen LogP contribution in [-0.4, -0.2) is 62.9 Å². The number of pyridine rings is 1. The van der Waals surface area contributed by atoms with Crippen LogP contribution in [0.1, 0.15) is 52.0 Å². The van der Waals surface area contributed by atoms with E-state index in [2.05, 4.69) is 58.2 Å². The molecule has 2 unspecified atom stereocenters. The largest absolute Gasteiger partial charge is 0.395 e. The van der Waals surface area contributed by atoms with Gasteiger partial charge in [-0.05, 0) is 57.0 Å². The number of aliphatic hydroxyl groups is 1. The number of nitrogens with one attached hydrogen (secondary N) is 1. The first kappa shape index (κ1) is 23.8. The third kappa shape index (κ3) is 5.04. The summed E-state index contributed by atoms with van der Waals surface area (Å²) >= 11 is 0. The number of benzene rings is 1. The molecule has 8 heteroatoms. The predicted molar refractivity (Wildman–Crippen MR) is 141 cm³/mol. The lowest BCUT2D eigenvalue weighted by molar-refractivity contribution is 0.103. The van der Waals surface area contributed by atoms with E-state index >= 15 is 0 Å². The first-order chi connectivity index (χ1) is 17.0. The van der Waals surface area contributed by atoms with Gasteiger partial charge in [0.15, 0.2) is 0 Å². The molecular weight excluding hydrogens is 440 g/mol. The van der Waals surface area contributed by atoms with Gasteiger partial charge in [0.2, 0.25) is 5.95 Å². The summed E-state index contributed by atoms with van der Waals surface area (Å²) in [7, 11) is 0. The molecule has 2 aliphatic rings. The average molecular weight is 477 g/mol. The van der Waals surface area contributed by atoms with Crippen molar-refractivity contribution in [3.05, 3.63) is 52.9 Å². The number of anilines is 3. The molecule has 2 aromatic heterocycles. The number of β-amino-alcohol motifs (C(OH)–C–C–N with tert-alkyl or cyclic N) is 1. The summed E-state index contributed by atoms with van der Waals surface area (Å²) in [5, 5.41) is 13.6. The van der Waals surface area contributed by atoms with Gasteiger partial charge < -0.3 is 15.3 Å². The molecule has 3 aromatic rings. The van der Waals surface area contributed by atoms with Crippen LogP contribution in [0.4, 0.5) is 17.3 Å². The van der Waals surface area contributed by atoms with Crippen molar-refractivity contribution in [2.45, 2.75) is 64.1 Å². The molecule has 1 aliphatic carbocycles. The van der Waals surface area contributed by atoms with Crippen LogP contribution in [0.5, 0.6) is 0 Å². The predicted octanol–water partition coefficient (Wildman–Crippen LogP) is 3.93. The lowest BCUT2D eigenvalue weighted by atomic mass is 9.95. The van der Waals surface area contributed by atoms with E-state index in [-0.39, 0.29) is 18.2 Å². The van der Waals surface area contributed by atoms with Crippen LogP contribution in [-0.2, 0) is 0 Å². The van der Waals surface area contributed by atoms with Crippen LogP contribution in [0, 0.1) is 0 Å². The van der Waals surface area contributed by atoms with E-state index in [0.717, 1.165) is 56.4 Å². The Morgan fingerprint density at radius 1 is 1.00 bits per heavy atom. The zero-order valence-corrected chi connectivity index (χ0v) is 20.7. The summed E-state index contributed by atoms with van der Waals surface area (Å²) in [6.07, 6.45) is 7.40. The van der Waals surface area contributed by atoms with Crippen LogP contribution in [0.25, 0.3) is 11.0 Å². The number of nitrogens with zero attached hydrogens (tertiary/aromatic N) is 5. The summed E-state index contributed by atoms with van der Waals surface area (Å²) in [6.45, 7) is 7.23. The molecule has 1 saturated heterocycles. The highest BCUT2D eigenvalue weighted by Crippen LogP contribution is 2.29. The second-order valence-electron chi connectivity index (χ2n) is 10.0. The molecule has 1 aliphatic heterocycles. The fraction of sp³-hybridized carbons (Fsp3) is 0.519. The molecule has 2 fully saturated rings. The molecule has 0 amide bonds. The van der Waals surface area contributed by atoms with Crippen molar-refractivity contribution in [1.29, 1.82) is 0 Å². The number of hydrogen-bond donors (Lipinski definition) is 2. The Balaban J connectivity index is 1.34.